The maximum absolute atomic E-state index is 11.4. The van der Waals surface area contributed by atoms with Gasteiger partial charge in [0.05, 0.1) is 6.61 Å². The van der Waals surface area contributed by atoms with Crippen LogP contribution in [0, 0.1) is 5.92 Å². The highest BCUT2D eigenvalue weighted by Gasteiger charge is 2.29. The first-order valence-electron chi connectivity index (χ1n) is 5.55. The highest BCUT2D eigenvalue weighted by molar-refractivity contribution is 5.78. The Balaban J connectivity index is 2.39. The van der Waals surface area contributed by atoms with Crippen LogP contribution in [0.1, 0.15) is 39.5 Å². The summed E-state index contributed by atoms with van der Waals surface area (Å²) in [5.41, 5.74) is 0. The third-order valence-corrected chi connectivity index (χ3v) is 2.87. The Morgan fingerprint density at radius 1 is 1.57 bits per heavy atom. The molecule has 0 aromatic rings. The first kappa shape index (κ1) is 11.5. The highest BCUT2D eigenvalue weighted by atomic mass is 16.3. The molecule has 1 heterocycles. The van der Waals surface area contributed by atoms with Crippen LogP contribution in [0.3, 0.4) is 0 Å². The monoisotopic (exact) mass is 199 g/mol. The predicted molar refractivity (Wildman–Crippen MR) is 55.9 cm³/mol. The molecule has 0 aromatic carbocycles. The molecule has 1 fully saturated rings. The van der Waals surface area contributed by atoms with Gasteiger partial charge >= 0.3 is 0 Å². The zero-order valence-electron chi connectivity index (χ0n) is 9.20. The van der Waals surface area contributed by atoms with Crippen molar-refractivity contribution < 1.29 is 9.90 Å². The molecule has 0 radical (unpaired) electrons. The van der Waals surface area contributed by atoms with Crippen molar-refractivity contribution in [3.8, 4) is 0 Å². The minimum atomic E-state index is 0.0872. The Hall–Kier alpha value is -0.570. The van der Waals surface area contributed by atoms with Crippen molar-refractivity contribution in [3.05, 3.63) is 0 Å². The standard InChI is InChI=1S/C11H21NO2/c1-9(2)3-4-10-5-6-11(14)12(10)7-8-13/h9-10,13H,3-8H2,1-2H3. The first-order chi connectivity index (χ1) is 6.65. The van der Waals surface area contributed by atoms with Gasteiger partial charge in [-0.3, -0.25) is 4.79 Å². The average Bonchev–Trinajstić information content (AvgIpc) is 2.46. The third kappa shape index (κ3) is 2.98. The molecule has 1 atom stereocenters. The molecule has 1 rings (SSSR count). The van der Waals surface area contributed by atoms with Gasteiger partial charge in [0.25, 0.3) is 0 Å². The van der Waals surface area contributed by atoms with Crippen molar-refractivity contribution in [1.29, 1.82) is 0 Å². The molecule has 1 unspecified atom stereocenters. The number of aliphatic hydroxyl groups is 1. The molecule has 3 heteroatoms. The van der Waals surface area contributed by atoms with Crippen molar-refractivity contribution in [3.63, 3.8) is 0 Å². The number of aliphatic hydroxyl groups excluding tert-OH is 1. The predicted octanol–water partition coefficient (Wildman–Crippen LogP) is 1.41. The smallest absolute Gasteiger partial charge is 0.222 e. The molecule has 1 N–H and O–H groups in total. The third-order valence-electron chi connectivity index (χ3n) is 2.87. The molecule has 0 bridgehead atoms. The van der Waals surface area contributed by atoms with E-state index < -0.39 is 0 Å². The lowest BCUT2D eigenvalue weighted by Crippen LogP contribution is -2.35. The lowest BCUT2D eigenvalue weighted by atomic mass is 10.0. The topological polar surface area (TPSA) is 40.5 Å². The van der Waals surface area contributed by atoms with E-state index in [2.05, 4.69) is 13.8 Å². The summed E-state index contributed by atoms with van der Waals surface area (Å²) in [6.07, 6.45) is 3.90. The van der Waals surface area contributed by atoms with Gasteiger partial charge in [0.2, 0.25) is 5.91 Å². The number of amides is 1. The van der Waals surface area contributed by atoms with Crippen molar-refractivity contribution in [1.82, 2.24) is 4.90 Å². The molecule has 0 aromatic heterocycles. The molecule has 1 amide bonds. The first-order valence-corrected chi connectivity index (χ1v) is 5.55. The van der Waals surface area contributed by atoms with Crippen molar-refractivity contribution in [2.24, 2.45) is 5.92 Å². The molecule has 0 saturated carbocycles. The lowest BCUT2D eigenvalue weighted by molar-refractivity contribution is -0.129. The van der Waals surface area contributed by atoms with E-state index in [9.17, 15) is 4.79 Å². The maximum Gasteiger partial charge on any atom is 0.222 e. The summed E-state index contributed by atoms with van der Waals surface area (Å²) in [6, 6.07) is 0.386. The molecular weight excluding hydrogens is 178 g/mol. The highest BCUT2D eigenvalue weighted by Crippen LogP contribution is 2.23. The van der Waals surface area contributed by atoms with E-state index in [1.54, 1.807) is 0 Å². The zero-order chi connectivity index (χ0) is 10.6. The number of β-amino-alcohol motifs (C(OH)–C–C–N with tert-alkyl or cyclic N) is 1. The van der Waals surface area contributed by atoms with Crippen LogP contribution >= 0.6 is 0 Å². The summed E-state index contributed by atoms with van der Waals surface area (Å²) in [4.78, 5) is 13.3. The number of likely N-dealkylation sites (tertiary alicyclic amines) is 1. The quantitative estimate of drug-likeness (QED) is 0.727. The fourth-order valence-corrected chi connectivity index (χ4v) is 2.03. The minimum absolute atomic E-state index is 0.0872. The maximum atomic E-state index is 11.4. The second-order valence-electron chi connectivity index (χ2n) is 4.47. The molecule has 1 aliphatic heterocycles. The minimum Gasteiger partial charge on any atom is -0.395 e. The molecule has 1 saturated heterocycles. The number of nitrogens with zero attached hydrogens (tertiary/aromatic N) is 1. The molecule has 1 aliphatic rings. The van der Waals surface area contributed by atoms with Crippen LogP contribution in [-0.4, -0.2) is 35.1 Å². The summed E-state index contributed by atoms with van der Waals surface area (Å²) in [5.74, 6) is 0.912. The van der Waals surface area contributed by atoms with Crippen LogP contribution in [0.2, 0.25) is 0 Å². The zero-order valence-corrected chi connectivity index (χ0v) is 9.20. The fraction of sp³-hybridized carbons (Fsp3) is 0.909. The Morgan fingerprint density at radius 3 is 2.86 bits per heavy atom. The molecule has 14 heavy (non-hydrogen) atoms. The summed E-state index contributed by atoms with van der Waals surface area (Å²) in [6.45, 7) is 5.01. The lowest BCUT2D eigenvalue weighted by Gasteiger charge is -2.24. The molecule has 3 nitrogen and oxygen atoms in total. The summed E-state index contributed by atoms with van der Waals surface area (Å²) in [7, 11) is 0. The van der Waals surface area contributed by atoms with Gasteiger partial charge in [-0.15, -0.1) is 0 Å². The molecular formula is C11H21NO2. The van der Waals surface area contributed by atoms with Gasteiger partial charge < -0.3 is 10.0 Å². The Labute approximate surface area is 86.1 Å². The van der Waals surface area contributed by atoms with E-state index in [-0.39, 0.29) is 12.5 Å². The van der Waals surface area contributed by atoms with Gasteiger partial charge in [-0.1, -0.05) is 13.8 Å². The number of carbonyl (C=O) groups is 1. The van der Waals surface area contributed by atoms with E-state index in [1.807, 2.05) is 4.90 Å². The fourth-order valence-electron chi connectivity index (χ4n) is 2.03. The molecule has 0 aliphatic carbocycles. The van der Waals surface area contributed by atoms with Crippen LogP contribution in [0.4, 0.5) is 0 Å². The van der Waals surface area contributed by atoms with Crippen LogP contribution in [-0.2, 0) is 4.79 Å². The normalized spacial score (nSPS) is 22.4. The summed E-state index contributed by atoms with van der Waals surface area (Å²) >= 11 is 0. The van der Waals surface area contributed by atoms with Gasteiger partial charge in [-0.25, -0.2) is 0 Å². The summed E-state index contributed by atoms with van der Waals surface area (Å²) in [5, 5.41) is 8.85. The van der Waals surface area contributed by atoms with E-state index in [0.29, 0.717) is 24.9 Å². The summed E-state index contributed by atoms with van der Waals surface area (Å²) < 4.78 is 0. The van der Waals surface area contributed by atoms with E-state index in [4.69, 9.17) is 5.11 Å². The van der Waals surface area contributed by atoms with Crippen molar-refractivity contribution in [2.45, 2.75) is 45.6 Å². The van der Waals surface area contributed by atoms with Gasteiger partial charge in [0.1, 0.15) is 0 Å². The number of carbonyl (C=O) groups excluding carboxylic acids is 1. The van der Waals surface area contributed by atoms with Gasteiger partial charge in [-0.2, -0.15) is 0 Å². The molecule has 82 valence electrons. The second-order valence-corrected chi connectivity index (χ2v) is 4.47. The average molecular weight is 199 g/mol. The Bertz CT molecular complexity index is 192. The van der Waals surface area contributed by atoms with Gasteiger partial charge in [0.15, 0.2) is 0 Å². The van der Waals surface area contributed by atoms with Gasteiger partial charge in [0, 0.05) is 19.0 Å². The second kappa shape index (κ2) is 5.35. The Morgan fingerprint density at radius 2 is 2.29 bits per heavy atom. The Kier molecular flexibility index (Phi) is 4.39. The van der Waals surface area contributed by atoms with Crippen LogP contribution in [0.15, 0.2) is 0 Å². The van der Waals surface area contributed by atoms with Gasteiger partial charge in [-0.05, 0) is 25.2 Å². The van der Waals surface area contributed by atoms with E-state index in [1.165, 1.54) is 6.42 Å². The van der Waals surface area contributed by atoms with E-state index in [0.717, 1.165) is 12.8 Å². The van der Waals surface area contributed by atoms with Crippen LogP contribution < -0.4 is 0 Å². The number of rotatable bonds is 5. The van der Waals surface area contributed by atoms with Crippen molar-refractivity contribution in [2.75, 3.05) is 13.2 Å². The largest absolute Gasteiger partial charge is 0.395 e. The number of hydrogen-bond donors (Lipinski definition) is 1. The number of hydrogen-bond acceptors (Lipinski definition) is 2. The van der Waals surface area contributed by atoms with Crippen LogP contribution in [0.5, 0.6) is 0 Å². The van der Waals surface area contributed by atoms with E-state index >= 15 is 0 Å². The SMILES string of the molecule is CC(C)CCC1CCC(=O)N1CCO. The van der Waals surface area contributed by atoms with Crippen molar-refractivity contribution >= 4 is 5.91 Å². The van der Waals surface area contributed by atoms with Crippen LogP contribution in [0.25, 0.3) is 0 Å². The molecule has 0 spiro atoms.